The Kier molecular flexibility index (Phi) is 4.66. The summed E-state index contributed by atoms with van der Waals surface area (Å²) >= 11 is 6.25. The van der Waals surface area contributed by atoms with Gasteiger partial charge < -0.3 is 9.30 Å². The zero-order valence-electron chi connectivity index (χ0n) is 14.7. The lowest BCUT2D eigenvalue weighted by molar-refractivity contribution is 0.134. The van der Waals surface area contributed by atoms with Crippen molar-refractivity contribution in [3.63, 3.8) is 0 Å². The standard InChI is InChI=1S/C22H20ClNO2/c1-2-26-14-17-12-20(15-6-4-3-5-7-15)22(25)24-11-10-16-8-9-18(23)13-19(16)21(17)24/h3-9,12-13H,2,10-11,14H2,1H3. The number of rotatable bonds is 4. The van der Waals surface area contributed by atoms with Crippen molar-refractivity contribution in [3.8, 4) is 22.4 Å². The molecule has 0 amide bonds. The van der Waals surface area contributed by atoms with Crippen LogP contribution in [0.2, 0.25) is 5.02 Å². The number of pyridine rings is 1. The van der Waals surface area contributed by atoms with E-state index < -0.39 is 0 Å². The van der Waals surface area contributed by atoms with Crippen molar-refractivity contribution in [1.29, 1.82) is 0 Å². The number of ether oxygens (including phenoxy) is 1. The van der Waals surface area contributed by atoms with Crippen LogP contribution in [0.3, 0.4) is 0 Å². The van der Waals surface area contributed by atoms with Crippen molar-refractivity contribution < 1.29 is 4.74 Å². The van der Waals surface area contributed by atoms with E-state index in [1.165, 1.54) is 5.56 Å². The topological polar surface area (TPSA) is 31.2 Å². The number of aromatic nitrogens is 1. The minimum atomic E-state index is 0.0390. The van der Waals surface area contributed by atoms with Crippen LogP contribution in [0.25, 0.3) is 22.4 Å². The Morgan fingerprint density at radius 1 is 1.08 bits per heavy atom. The molecule has 4 heteroatoms. The van der Waals surface area contributed by atoms with Gasteiger partial charge in [0.1, 0.15) is 0 Å². The van der Waals surface area contributed by atoms with E-state index >= 15 is 0 Å². The van der Waals surface area contributed by atoms with Crippen LogP contribution in [0.5, 0.6) is 0 Å². The number of hydrogen-bond acceptors (Lipinski definition) is 2. The molecule has 0 spiro atoms. The van der Waals surface area contributed by atoms with Gasteiger partial charge in [-0.2, -0.15) is 0 Å². The molecule has 0 unspecified atom stereocenters. The number of fused-ring (bicyclic) bond motifs is 3. The maximum Gasteiger partial charge on any atom is 0.258 e. The summed E-state index contributed by atoms with van der Waals surface area (Å²) in [6.45, 7) is 3.74. The maximum atomic E-state index is 13.2. The third-order valence-corrected chi connectivity index (χ3v) is 5.08. The van der Waals surface area contributed by atoms with Crippen LogP contribution in [0.15, 0.2) is 59.4 Å². The molecule has 1 aliphatic heterocycles. The summed E-state index contributed by atoms with van der Waals surface area (Å²) in [5, 5.41) is 0.680. The molecule has 26 heavy (non-hydrogen) atoms. The molecule has 3 aromatic rings. The Morgan fingerprint density at radius 2 is 1.88 bits per heavy atom. The molecule has 1 aliphatic rings. The van der Waals surface area contributed by atoms with Gasteiger partial charge in [-0.15, -0.1) is 0 Å². The highest BCUT2D eigenvalue weighted by Gasteiger charge is 2.23. The minimum absolute atomic E-state index is 0.0390. The summed E-state index contributed by atoms with van der Waals surface area (Å²) < 4.78 is 7.60. The van der Waals surface area contributed by atoms with Gasteiger partial charge >= 0.3 is 0 Å². The van der Waals surface area contributed by atoms with Crippen molar-refractivity contribution in [2.45, 2.75) is 26.5 Å². The zero-order valence-corrected chi connectivity index (χ0v) is 15.4. The molecule has 0 saturated heterocycles. The zero-order chi connectivity index (χ0) is 18.1. The Bertz CT molecular complexity index is 1010. The molecule has 3 nitrogen and oxygen atoms in total. The first-order valence-electron chi connectivity index (χ1n) is 8.87. The molecule has 0 saturated carbocycles. The predicted octanol–water partition coefficient (Wildman–Crippen LogP) is 4.93. The maximum absolute atomic E-state index is 13.2. The summed E-state index contributed by atoms with van der Waals surface area (Å²) in [6.07, 6.45) is 0.825. The smallest absolute Gasteiger partial charge is 0.258 e. The van der Waals surface area contributed by atoms with E-state index in [1.54, 1.807) is 0 Å². The SMILES string of the molecule is CCOCc1cc(-c2ccccc2)c(=O)n2c1-c1cc(Cl)ccc1CC2. The second-order valence-corrected chi connectivity index (χ2v) is 6.88. The highest BCUT2D eigenvalue weighted by atomic mass is 35.5. The summed E-state index contributed by atoms with van der Waals surface area (Å²) in [5.74, 6) is 0. The average Bonchev–Trinajstić information content (AvgIpc) is 2.67. The van der Waals surface area contributed by atoms with Crippen LogP contribution in [0.4, 0.5) is 0 Å². The fourth-order valence-electron chi connectivity index (χ4n) is 3.62. The van der Waals surface area contributed by atoms with E-state index in [-0.39, 0.29) is 5.56 Å². The second kappa shape index (κ2) is 7.10. The molecular weight excluding hydrogens is 346 g/mol. The number of halogens is 1. The first-order valence-corrected chi connectivity index (χ1v) is 9.25. The van der Waals surface area contributed by atoms with Crippen molar-refractivity contribution in [2.75, 3.05) is 6.61 Å². The molecule has 2 aromatic carbocycles. The number of hydrogen-bond donors (Lipinski definition) is 0. The summed E-state index contributed by atoms with van der Waals surface area (Å²) in [7, 11) is 0. The van der Waals surface area contributed by atoms with Crippen LogP contribution in [-0.4, -0.2) is 11.2 Å². The Labute approximate surface area is 157 Å². The summed E-state index contributed by atoms with van der Waals surface area (Å²) in [6, 6.07) is 17.7. The third kappa shape index (κ3) is 2.98. The average molecular weight is 366 g/mol. The molecule has 132 valence electrons. The molecule has 0 N–H and O–H groups in total. The van der Waals surface area contributed by atoms with Crippen molar-refractivity contribution in [1.82, 2.24) is 4.57 Å². The normalized spacial score (nSPS) is 12.5. The van der Waals surface area contributed by atoms with Gasteiger partial charge in [0, 0.05) is 34.9 Å². The van der Waals surface area contributed by atoms with Crippen molar-refractivity contribution >= 4 is 11.6 Å². The third-order valence-electron chi connectivity index (χ3n) is 4.85. The molecule has 0 atom stereocenters. The lowest BCUT2D eigenvalue weighted by Gasteiger charge is -2.25. The molecule has 2 heterocycles. The van der Waals surface area contributed by atoms with Crippen LogP contribution in [-0.2, 0) is 24.3 Å². The molecule has 1 aromatic heterocycles. The fourth-order valence-corrected chi connectivity index (χ4v) is 3.79. The van der Waals surface area contributed by atoms with E-state index in [1.807, 2.05) is 60.0 Å². The molecule has 0 bridgehead atoms. The number of nitrogens with zero attached hydrogens (tertiary/aromatic N) is 1. The Hall–Kier alpha value is -2.36. The number of benzene rings is 2. The summed E-state index contributed by atoms with van der Waals surface area (Å²) in [5.41, 5.74) is 5.91. The Balaban J connectivity index is 1.98. The van der Waals surface area contributed by atoms with Gasteiger partial charge in [-0.3, -0.25) is 4.79 Å². The van der Waals surface area contributed by atoms with Crippen molar-refractivity contribution in [3.05, 3.63) is 81.1 Å². The highest BCUT2D eigenvalue weighted by molar-refractivity contribution is 6.30. The summed E-state index contributed by atoms with van der Waals surface area (Å²) in [4.78, 5) is 13.2. The van der Waals surface area contributed by atoms with Gasteiger partial charge in [0.2, 0.25) is 0 Å². The molecule has 0 fully saturated rings. The monoisotopic (exact) mass is 365 g/mol. The van der Waals surface area contributed by atoms with Gasteiger partial charge in [-0.25, -0.2) is 0 Å². The van der Waals surface area contributed by atoms with Crippen LogP contribution < -0.4 is 5.56 Å². The molecule has 0 radical (unpaired) electrons. The first kappa shape index (κ1) is 17.1. The molecular formula is C22H20ClNO2. The van der Waals surface area contributed by atoms with Gasteiger partial charge in [0.05, 0.1) is 12.3 Å². The largest absolute Gasteiger partial charge is 0.377 e. The highest BCUT2D eigenvalue weighted by Crippen LogP contribution is 2.35. The first-order chi connectivity index (χ1) is 12.7. The lowest BCUT2D eigenvalue weighted by Crippen LogP contribution is -2.28. The van der Waals surface area contributed by atoms with Crippen LogP contribution in [0, 0.1) is 0 Å². The second-order valence-electron chi connectivity index (χ2n) is 6.44. The fraction of sp³-hybridized carbons (Fsp3) is 0.227. The predicted molar refractivity (Wildman–Crippen MR) is 106 cm³/mol. The minimum Gasteiger partial charge on any atom is -0.377 e. The van der Waals surface area contributed by atoms with Gasteiger partial charge in [-0.05, 0) is 42.7 Å². The molecule has 4 rings (SSSR count). The van der Waals surface area contributed by atoms with E-state index in [9.17, 15) is 4.79 Å². The quantitative estimate of drug-likeness (QED) is 0.656. The van der Waals surface area contributed by atoms with E-state index in [0.29, 0.717) is 24.8 Å². The van der Waals surface area contributed by atoms with Crippen LogP contribution >= 0.6 is 11.6 Å². The van der Waals surface area contributed by atoms with E-state index in [0.717, 1.165) is 34.4 Å². The van der Waals surface area contributed by atoms with Gasteiger partial charge in [-0.1, -0.05) is 48.0 Å². The van der Waals surface area contributed by atoms with Crippen LogP contribution in [0.1, 0.15) is 18.1 Å². The number of aryl methyl sites for hydroxylation is 1. The van der Waals surface area contributed by atoms with Gasteiger partial charge in [0.15, 0.2) is 0 Å². The lowest BCUT2D eigenvalue weighted by atomic mass is 9.92. The van der Waals surface area contributed by atoms with Gasteiger partial charge in [0.25, 0.3) is 5.56 Å². The van der Waals surface area contributed by atoms with E-state index in [4.69, 9.17) is 16.3 Å². The van der Waals surface area contributed by atoms with Crippen molar-refractivity contribution in [2.24, 2.45) is 0 Å². The molecule has 0 aliphatic carbocycles. The van der Waals surface area contributed by atoms with E-state index in [2.05, 4.69) is 6.07 Å². The Morgan fingerprint density at radius 3 is 2.65 bits per heavy atom.